The quantitative estimate of drug-likeness (QED) is 0.845. The first kappa shape index (κ1) is 16.0. The third kappa shape index (κ3) is 2.62. The third-order valence-corrected chi connectivity index (χ3v) is 4.91. The normalized spacial score (nSPS) is 28.5. The van der Waals surface area contributed by atoms with Crippen LogP contribution in [0.15, 0.2) is 4.52 Å². The van der Waals surface area contributed by atoms with Crippen LogP contribution in [-0.4, -0.2) is 32.5 Å². The highest BCUT2D eigenvalue weighted by Crippen LogP contribution is 2.38. The summed E-state index contributed by atoms with van der Waals surface area (Å²) in [6.45, 7) is 8.00. The highest BCUT2D eigenvalue weighted by molar-refractivity contribution is 6.07. The molecule has 0 radical (unpaired) electrons. The molecular weight excluding hydrogens is 296 g/mol. The Morgan fingerprint density at radius 2 is 2.09 bits per heavy atom. The van der Waals surface area contributed by atoms with Gasteiger partial charge in [-0.05, 0) is 18.8 Å². The van der Waals surface area contributed by atoms with Gasteiger partial charge in [0.2, 0.25) is 5.89 Å². The summed E-state index contributed by atoms with van der Waals surface area (Å²) in [7, 11) is 0. The summed E-state index contributed by atoms with van der Waals surface area (Å²) in [5, 5.41) is 6.84. The van der Waals surface area contributed by atoms with Gasteiger partial charge in [0.1, 0.15) is 5.54 Å². The predicted molar refractivity (Wildman–Crippen MR) is 82.4 cm³/mol. The van der Waals surface area contributed by atoms with Crippen molar-refractivity contribution >= 4 is 11.9 Å². The van der Waals surface area contributed by atoms with Gasteiger partial charge in [0.15, 0.2) is 5.82 Å². The van der Waals surface area contributed by atoms with Gasteiger partial charge < -0.3 is 9.84 Å². The van der Waals surface area contributed by atoms with Gasteiger partial charge in [-0.3, -0.25) is 9.69 Å². The van der Waals surface area contributed by atoms with Crippen LogP contribution >= 0.6 is 0 Å². The Labute approximate surface area is 135 Å². The number of carbonyl (C=O) groups is 2. The summed E-state index contributed by atoms with van der Waals surface area (Å²) >= 11 is 0. The Hall–Kier alpha value is -1.92. The number of aromatic nitrogens is 2. The van der Waals surface area contributed by atoms with Crippen molar-refractivity contribution in [2.45, 2.75) is 70.9 Å². The summed E-state index contributed by atoms with van der Waals surface area (Å²) in [4.78, 5) is 30.7. The Morgan fingerprint density at radius 1 is 1.35 bits per heavy atom. The molecule has 1 N–H and O–H groups in total. The lowest BCUT2D eigenvalue weighted by molar-refractivity contribution is -0.134. The van der Waals surface area contributed by atoms with Gasteiger partial charge in [-0.1, -0.05) is 45.7 Å². The number of hydrogen-bond donors (Lipinski definition) is 1. The fourth-order valence-electron chi connectivity index (χ4n) is 3.40. The standard InChI is InChI=1S/C16H24N4O3/c1-10-7-5-6-8-16(10)13(21)20(14(22)18-16)9-11-17-12(23-19-11)15(2,3)4/h10H,5-9H2,1-4H3,(H,18,22)/t10-,16-/m0/s1. The van der Waals surface area contributed by atoms with E-state index in [2.05, 4.69) is 15.5 Å². The molecule has 23 heavy (non-hydrogen) atoms. The van der Waals surface area contributed by atoms with Gasteiger partial charge in [0.25, 0.3) is 5.91 Å². The van der Waals surface area contributed by atoms with Gasteiger partial charge in [-0.25, -0.2) is 4.79 Å². The van der Waals surface area contributed by atoms with Crippen LogP contribution in [-0.2, 0) is 16.8 Å². The smallest absolute Gasteiger partial charge is 0.325 e. The molecule has 1 aliphatic heterocycles. The van der Waals surface area contributed by atoms with E-state index in [4.69, 9.17) is 4.52 Å². The van der Waals surface area contributed by atoms with Crippen LogP contribution < -0.4 is 5.32 Å². The van der Waals surface area contributed by atoms with Crippen molar-refractivity contribution in [1.82, 2.24) is 20.4 Å². The minimum Gasteiger partial charge on any atom is -0.339 e. The summed E-state index contributed by atoms with van der Waals surface area (Å²) in [6, 6.07) is -0.356. The molecule has 7 nitrogen and oxygen atoms in total. The molecule has 1 spiro atoms. The predicted octanol–water partition coefficient (Wildman–Crippen LogP) is 2.37. The van der Waals surface area contributed by atoms with E-state index in [1.165, 1.54) is 4.90 Å². The van der Waals surface area contributed by atoms with Gasteiger partial charge in [-0.15, -0.1) is 0 Å². The van der Waals surface area contributed by atoms with Crippen molar-refractivity contribution in [1.29, 1.82) is 0 Å². The number of amides is 3. The molecule has 0 bridgehead atoms. The number of imide groups is 1. The van der Waals surface area contributed by atoms with Gasteiger partial charge in [-0.2, -0.15) is 4.98 Å². The molecule has 0 unspecified atom stereocenters. The van der Waals surface area contributed by atoms with Crippen LogP contribution in [0.25, 0.3) is 0 Å². The molecule has 1 saturated heterocycles. The summed E-state index contributed by atoms with van der Waals surface area (Å²) < 4.78 is 5.24. The fraction of sp³-hybridized carbons (Fsp3) is 0.750. The van der Waals surface area contributed by atoms with Crippen molar-refractivity contribution in [3.63, 3.8) is 0 Å². The minimum absolute atomic E-state index is 0.0543. The molecule has 1 saturated carbocycles. The zero-order valence-electron chi connectivity index (χ0n) is 14.2. The maximum Gasteiger partial charge on any atom is 0.325 e. The Balaban J connectivity index is 1.80. The second-order valence-corrected chi connectivity index (χ2v) is 7.71. The van der Waals surface area contributed by atoms with Crippen molar-refractivity contribution in [3.05, 3.63) is 11.7 Å². The van der Waals surface area contributed by atoms with Crippen LogP contribution in [0.2, 0.25) is 0 Å². The molecule has 126 valence electrons. The molecule has 3 amide bonds. The number of rotatable bonds is 2. The largest absolute Gasteiger partial charge is 0.339 e. The van der Waals surface area contributed by atoms with Crippen LogP contribution in [0, 0.1) is 5.92 Å². The van der Waals surface area contributed by atoms with E-state index in [1.807, 2.05) is 27.7 Å². The molecule has 1 aromatic heterocycles. The van der Waals surface area contributed by atoms with Crippen LogP contribution in [0.1, 0.15) is 65.1 Å². The van der Waals surface area contributed by atoms with Gasteiger partial charge >= 0.3 is 6.03 Å². The van der Waals surface area contributed by atoms with E-state index in [-0.39, 0.29) is 29.8 Å². The summed E-state index contributed by atoms with van der Waals surface area (Å²) in [6.07, 6.45) is 3.72. The van der Waals surface area contributed by atoms with E-state index < -0.39 is 5.54 Å². The Bertz CT molecular complexity index is 634. The lowest BCUT2D eigenvalue weighted by Crippen LogP contribution is -2.53. The zero-order chi connectivity index (χ0) is 16.8. The summed E-state index contributed by atoms with van der Waals surface area (Å²) in [5.74, 6) is 0.851. The molecule has 1 aliphatic carbocycles. The molecule has 2 aliphatic rings. The fourth-order valence-corrected chi connectivity index (χ4v) is 3.40. The molecule has 2 fully saturated rings. The first-order chi connectivity index (χ1) is 10.7. The number of carbonyl (C=O) groups excluding carboxylic acids is 2. The first-order valence-electron chi connectivity index (χ1n) is 8.21. The first-order valence-corrected chi connectivity index (χ1v) is 8.21. The lowest BCUT2D eigenvalue weighted by atomic mass is 9.73. The van der Waals surface area contributed by atoms with Crippen molar-refractivity contribution < 1.29 is 14.1 Å². The molecule has 3 rings (SSSR count). The Kier molecular flexibility index (Phi) is 3.69. The van der Waals surface area contributed by atoms with Crippen LogP contribution in [0.4, 0.5) is 4.79 Å². The maximum atomic E-state index is 12.9. The van der Waals surface area contributed by atoms with Crippen LogP contribution in [0.5, 0.6) is 0 Å². The van der Waals surface area contributed by atoms with E-state index in [0.717, 1.165) is 19.3 Å². The van der Waals surface area contributed by atoms with Crippen LogP contribution in [0.3, 0.4) is 0 Å². The molecule has 1 aromatic rings. The number of hydrogen-bond acceptors (Lipinski definition) is 5. The van der Waals surface area contributed by atoms with E-state index in [0.29, 0.717) is 18.1 Å². The molecule has 0 aromatic carbocycles. The lowest BCUT2D eigenvalue weighted by Gasteiger charge is -2.36. The Morgan fingerprint density at radius 3 is 2.70 bits per heavy atom. The van der Waals surface area contributed by atoms with Crippen molar-refractivity contribution in [2.75, 3.05) is 0 Å². The third-order valence-electron chi connectivity index (χ3n) is 4.91. The highest BCUT2D eigenvalue weighted by atomic mass is 16.5. The highest BCUT2D eigenvalue weighted by Gasteiger charge is 2.55. The average Bonchev–Trinajstić information content (AvgIpc) is 3.02. The topological polar surface area (TPSA) is 88.3 Å². The number of urea groups is 1. The van der Waals surface area contributed by atoms with E-state index >= 15 is 0 Å². The number of nitrogens with one attached hydrogen (secondary N) is 1. The van der Waals surface area contributed by atoms with Crippen molar-refractivity contribution in [3.8, 4) is 0 Å². The minimum atomic E-state index is -0.744. The second kappa shape index (κ2) is 5.32. The van der Waals surface area contributed by atoms with E-state index in [1.54, 1.807) is 0 Å². The zero-order valence-corrected chi connectivity index (χ0v) is 14.2. The monoisotopic (exact) mass is 320 g/mol. The second-order valence-electron chi connectivity index (χ2n) is 7.71. The van der Waals surface area contributed by atoms with E-state index in [9.17, 15) is 9.59 Å². The summed E-state index contributed by atoms with van der Waals surface area (Å²) in [5.41, 5.74) is -1.01. The maximum absolute atomic E-state index is 12.9. The number of nitrogens with zero attached hydrogens (tertiary/aromatic N) is 3. The molecular formula is C16H24N4O3. The molecule has 7 heteroatoms. The SMILES string of the molecule is C[C@H]1CCCC[C@]12NC(=O)N(Cc1noc(C(C)(C)C)n1)C2=O. The van der Waals surface area contributed by atoms with Crippen molar-refractivity contribution in [2.24, 2.45) is 5.92 Å². The van der Waals surface area contributed by atoms with Gasteiger partial charge in [0, 0.05) is 5.41 Å². The molecule has 2 atom stereocenters. The van der Waals surface area contributed by atoms with Gasteiger partial charge in [0.05, 0.1) is 6.54 Å². The molecule has 2 heterocycles. The average molecular weight is 320 g/mol.